The van der Waals surface area contributed by atoms with Gasteiger partial charge in [-0.1, -0.05) is 30.3 Å². The molecule has 0 radical (unpaired) electrons. The first kappa shape index (κ1) is 16.3. The van der Waals surface area contributed by atoms with Crippen LogP contribution in [0, 0.1) is 23.7 Å². The van der Waals surface area contributed by atoms with Gasteiger partial charge in [0.05, 0.1) is 5.69 Å². The highest BCUT2D eigenvalue weighted by Gasteiger charge is 2.47. The van der Waals surface area contributed by atoms with Crippen LogP contribution in [0.5, 0.6) is 0 Å². The number of benzene rings is 1. The van der Waals surface area contributed by atoms with E-state index in [1.54, 1.807) is 0 Å². The molecule has 0 aliphatic heterocycles. The monoisotopic (exact) mass is 347 g/mol. The number of nitrogens with one attached hydrogen (secondary N) is 1. The van der Waals surface area contributed by atoms with E-state index < -0.39 is 0 Å². The molecule has 136 valence electrons. The largest absolute Gasteiger partial charge is 0.384 e. The molecule has 26 heavy (non-hydrogen) atoms. The average Bonchev–Trinajstić information content (AvgIpc) is 2.64. The molecule has 4 fully saturated rings. The Morgan fingerprint density at radius 3 is 2.23 bits per heavy atom. The van der Waals surface area contributed by atoms with Gasteiger partial charge in [-0.25, -0.2) is 4.98 Å². The summed E-state index contributed by atoms with van der Waals surface area (Å²) in [6.07, 6.45) is 8.61. The molecule has 3 N–H and O–H groups in total. The SMILES string of the molecule is Nc1cccc(-c2ccc(CCNC3C4CC5CC(C4)CC3C5)cc2)n1. The fourth-order valence-corrected chi connectivity index (χ4v) is 6.10. The summed E-state index contributed by atoms with van der Waals surface area (Å²) < 4.78 is 0. The zero-order valence-electron chi connectivity index (χ0n) is 15.4. The average molecular weight is 348 g/mol. The number of anilines is 1. The molecule has 3 heteroatoms. The lowest BCUT2D eigenvalue weighted by Crippen LogP contribution is -2.54. The van der Waals surface area contributed by atoms with Crippen LogP contribution in [-0.4, -0.2) is 17.6 Å². The van der Waals surface area contributed by atoms with E-state index in [1.807, 2.05) is 18.2 Å². The first-order chi connectivity index (χ1) is 12.7. The van der Waals surface area contributed by atoms with E-state index in [2.05, 4.69) is 34.6 Å². The Balaban J connectivity index is 1.17. The molecule has 3 nitrogen and oxygen atoms in total. The lowest BCUT2D eigenvalue weighted by atomic mass is 9.54. The highest BCUT2D eigenvalue weighted by atomic mass is 14.9. The molecule has 4 aliphatic carbocycles. The first-order valence-corrected chi connectivity index (χ1v) is 10.3. The maximum absolute atomic E-state index is 5.79. The van der Waals surface area contributed by atoms with Gasteiger partial charge in [-0.2, -0.15) is 0 Å². The van der Waals surface area contributed by atoms with Crippen LogP contribution in [0.15, 0.2) is 42.5 Å². The minimum Gasteiger partial charge on any atom is -0.384 e. The van der Waals surface area contributed by atoms with Crippen molar-refractivity contribution in [3.8, 4) is 11.3 Å². The summed E-state index contributed by atoms with van der Waals surface area (Å²) >= 11 is 0. The van der Waals surface area contributed by atoms with Gasteiger partial charge >= 0.3 is 0 Å². The van der Waals surface area contributed by atoms with Crippen LogP contribution >= 0.6 is 0 Å². The zero-order valence-corrected chi connectivity index (χ0v) is 15.4. The molecule has 0 unspecified atom stereocenters. The third-order valence-corrected chi connectivity index (χ3v) is 7.04. The number of nitrogen functional groups attached to an aromatic ring is 1. The molecule has 4 saturated carbocycles. The Morgan fingerprint density at radius 1 is 0.885 bits per heavy atom. The molecule has 4 aliphatic rings. The van der Waals surface area contributed by atoms with Crippen LogP contribution in [0.3, 0.4) is 0 Å². The molecular weight excluding hydrogens is 318 g/mol. The molecule has 0 atom stereocenters. The topological polar surface area (TPSA) is 50.9 Å². The number of pyridine rings is 1. The summed E-state index contributed by atoms with van der Waals surface area (Å²) in [6, 6.07) is 15.4. The minimum absolute atomic E-state index is 0.575. The number of nitrogens with two attached hydrogens (primary N) is 1. The summed E-state index contributed by atoms with van der Waals surface area (Å²) in [5.74, 6) is 4.62. The standard InChI is InChI=1S/C23H29N3/c24-22-3-1-2-21(26-22)18-6-4-15(5-7-18)8-9-25-23-19-11-16-10-17(13-19)14-20(23)12-16/h1-7,16-17,19-20,23,25H,8-14H2,(H2,24,26). The van der Waals surface area contributed by atoms with Gasteiger partial charge in [0, 0.05) is 11.6 Å². The van der Waals surface area contributed by atoms with Gasteiger partial charge in [-0.15, -0.1) is 0 Å². The van der Waals surface area contributed by atoms with Crippen molar-refractivity contribution in [2.45, 2.75) is 44.6 Å². The van der Waals surface area contributed by atoms with E-state index in [9.17, 15) is 0 Å². The molecule has 4 bridgehead atoms. The summed E-state index contributed by atoms with van der Waals surface area (Å²) in [5.41, 5.74) is 9.27. The van der Waals surface area contributed by atoms with Crippen LogP contribution in [0.1, 0.15) is 37.7 Å². The third-order valence-electron chi connectivity index (χ3n) is 7.04. The summed E-state index contributed by atoms with van der Waals surface area (Å²) in [4.78, 5) is 4.40. The van der Waals surface area contributed by atoms with Crippen molar-refractivity contribution in [3.63, 3.8) is 0 Å². The van der Waals surface area contributed by atoms with Crippen molar-refractivity contribution in [3.05, 3.63) is 48.0 Å². The molecule has 1 heterocycles. The quantitative estimate of drug-likeness (QED) is 0.848. The Kier molecular flexibility index (Phi) is 4.20. The van der Waals surface area contributed by atoms with Gasteiger partial charge in [-0.05, 0) is 86.4 Å². The van der Waals surface area contributed by atoms with Crippen LogP contribution in [-0.2, 0) is 6.42 Å². The highest BCUT2D eigenvalue weighted by molar-refractivity contribution is 5.61. The third kappa shape index (κ3) is 3.14. The van der Waals surface area contributed by atoms with Gasteiger partial charge in [0.1, 0.15) is 5.82 Å². The predicted octanol–water partition coefficient (Wildman–Crippen LogP) is 4.29. The molecule has 1 aromatic carbocycles. The second kappa shape index (κ2) is 6.70. The Morgan fingerprint density at radius 2 is 1.58 bits per heavy atom. The molecule has 2 aromatic rings. The van der Waals surface area contributed by atoms with Crippen molar-refractivity contribution in [1.82, 2.24) is 10.3 Å². The number of aromatic nitrogens is 1. The molecule has 0 saturated heterocycles. The molecule has 1 aromatic heterocycles. The molecule has 0 spiro atoms. The summed E-state index contributed by atoms with van der Waals surface area (Å²) in [7, 11) is 0. The highest BCUT2D eigenvalue weighted by Crippen LogP contribution is 2.53. The van der Waals surface area contributed by atoms with Crippen molar-refractivity contribution < 1.29 is 0 Å². The van der Waals surface area contributed by atoms with Gasteiger partial charge in [0.15, 0.2) is 0 Å². The number of rotatable bonds is 5. The maximum Gasteiger partial charge on any atom is 0.124 e. The normalized spacial score (nSPS) is 32.1. The van der Waals surface area contributed by atoms with E-state index in [1.165, 1.54) is 37.7 Å². The number of hydrogen-bond acceptors (Lipinski definition) is 3. The number of hydrogen-bond donors (Lipinski definition) is 2. The Labute approximate surface area is 156 Å². The number of nitrogens with zero attached hydrogens (tertiary/aromatic N) is 1. The van der Waals surface area contributed by atoms with Gasteiger partial charge in [0.25, 0.3) is 0 Å². The van der Waals surface area contributed by atoms with Crippen LogP contribution < -0.4 is 11.1 Å². The second-order valence-electron chi connectivity index (χ2n) is 8.81. The van der Waals surface area contributed by atoms with E-state index in [0.29, 0.717) is 5.82 Å². The van der Waals surface area contributed by atoms with Crippen molar-refractivity contribution in [2.24, 2.45) is 23.7 Å². The zero-order chi connectivity index (χ0) is 17.5. The summed E-state index contributed by atoms with van der Waals surface area (Å²) in [6.45, 7) is 1.10. The second-order valence-corrected chi connectivity index (χ2v) is 8.81. The first-order valence-electron chi connectivity index (χ1n) is 10.3. The lowest BCUT2D eigenvalue weighted by molar-refractivity contribution is -0.0133. The van der Waals surface area contributed by atoms with Crippen molar-refractivity contribution >= 4 is 5.82 Å². The fraction of sp³-hybridized carbons (Fsp3) is 0.522. The molecule has 6 rings (SSSR count). The molecular formula is C23H29N3. The van der Waals surface area contributed by atoms with E-state index in [4.69, 9.17) is 5.73 Å². The van der Waals surface area contributed by atoms with Crippen LogP contribution in [0.4, 0.5) is 5.82 Å². The molecule has 0 amide bonds. The van der Waals surface area contributed by atoms with Crippen LogP contribution in [0.2, 0.25) is 0 Å². The van der Waals surface area contributed by atoms with Gasteiger partial charge in [-0.3, -0.25) is 0 Å². The van der Waals surface area contributed by atoms with Gasteiger partial charge in [0.2, 0.25) is 0 Å². The van der Waals surface area contributed by atoms with Crippen LogP contribution in [0.25, 0.3) is 11.3 Å². The summed E-state index contributed by atoms with van der Waals surface area (Å²) in [5, 5.41) is 3.94. The van der Waals surface area contributed by atoms with Crippen molar-refractivity contribution in [1.29, 1.82) is 0 Å². The lowest BCUT2D eigenvalue weighted by Gasteiger charge is -2.54. The smallest absolute Gasteiger partial charge is 0.124 e. The maximum atomic E-state index is 5.79. The Hall–Kier alpha value is -1.87. The van der Waals surface area contributed by atoms with E-state index in [-0.39, 0.29) is 0 Å². The Bertz CT molecular complexity index is 739. The fourth-order valence-electron chi connectivity index (χ4n) is 6.10. The van der Waals surface area contributed by atoms with E-state index >= 15 is 0 Å². The van der Waals surface area contributed by atoms with Gasteiger partial charge < -0.3 is 11.1 Å². The minimum atomic E-state index is 0.575. The van der Waals surface area contributed by atoms with E-state index in [0.717, 1.165) is 53.9 Å². The van der Waals surface area contributed by atoms with Crippen molar-refractivity contribution in [2.75, 3.05) is 12.3 Å². The predicted molar refractivity (Wildman–Crippen MR) is 107 cm³/mol.